The number of hydrogen-bond donors (Lipinski definition) is 0. The molecule has 1 aliphatic rings. The Kier molecular flexibility index (Phi) is 7.25. The van der Waals surface area contributed by atoms with Crippen molar-refractivity contribution in [3.05, 3.63) is 181 Å². The van der Waals surface area contributed by atoms with Crippen molar-refractivity contribution >= 4 is 0 Å². The molecule has 1 aliphatic carbocycles. The quantitative estimate of drug-likeness (QED) is 0.222. The smallest absolute Gasteiger partial charge is 0.0270 e. The molecule has 0 atom stereocenters. The summed E-state index contributed by atoms with van der Waals surface area (Å²) >= 11 is 0. The maximum absolute atomic E-state index is 4.41. The van der Waals surface area contributed by atoms with Crippen LogP contribution in [0.15, 0.2) is 147 Å². The molecule has 204 valence electrons. The molecule has 0 aliphatic heterocycles. The minimum absolute atomic E-state index is 0.118. The minimum Gasteiger partial charge on any atom is -0.265 e. The highest BCUT2D eigenvalue weighted by molar-refractivity contribution is 5.47. The molecule has 42 heavy (non-hydrogen) atoms. The van der Waals surface area contributed by atoms with Crippen LogP contribution in [0.5, 0.6) is 0 Å². The lowest BCUT2D eigenvalue weighted by Gasteiger charge is -2.53. The Balaban J connectivity index is 1.59. The first-order chi connectivity index (χ1) is 20.9. The number of pyridine rings is 6. The molecule has 6 aromatic rings. The van der Waals surface area contributed by atoms with Crippen molar-refractivity contribution in [1.29, 1.82) is 0 Å². The predicted molar refractivity (Wildman–Crippen MR) is 162 cm³/mol. The van der Waals surface area contributed by atoms with Crippen LogP contribution in [0.25, 0.3) is 0 Å². The Morgan fingerprint density at radius 2 is 0.333 bits per heavy atom. The summed E-state index contributed by atoms with van der Waals surface area (Å²) in [4.78, 5) is 26.5. The first-order valence-corrected chi connectivity index (χ1v) is 14.3. The van der Waals surface area contributed by atoms with Gasteiger partial charge >= 0.3 is 0 Å². The average molecular weight is 547 g/mol. The largest absolute Gasteiger partial charge is 0.265 e. The van der Waals surface area contributed by atoms with Crippen molar-refractivity contribution < 1.29 is 0 Å². The SMILES string of the molecule is c1cc(C2C(c3ccncc3)C(c3ccncc3)C(c3ccncc3)C(c3ccncc3)C2c2ccncc2)ccn1. The first-order valence-electron chi connectivity index (χ1n) is 14.3. The van der Waals surface area contributed by atoms with Gasteiger partial charge in [-0.3, -0.25) is 29.9 Å². The normalized spacial score (nSPS) is 23.7. The highest BCUT2D eigenvalue weighted by Gasteiger charge is 2.53. The summed E-state index contributed by atoms with van der Waals surface area (Å²) in [6.45, 7) is 0. The highest BCUT2D eigenvalue weighted by Crippen LogP contribution is 2.66. The molecule has 7 rings (SSSR count). The van der Waals surface area contributed by atoms with E-state index in [0.29, 0.717) is 0 Å². The topological polar surface area (TPSA) is 77.3 Å². The van der Waals surface area contributed by atoms with E-state index in [1.54, 1.807) is 0 Å². The van der Waals surface area contributed by atoms with Crippen LogP contribution in [0.2, 0.25) is 0 Å². The van der Waals surface area contributed by atoms with Gasteiger partial charge in [0.1, 0.15) is 0 Å². The number of aromatic nitrogens is 6. The molecule has 0 spiro atoms. The third-order valence-electron chi connectivity index (χ3n) is 8.87. The molecular formula is C36H30N6. The van der Waals surface area contributed by atoms with Gasteiger partial charge in [-0.25, -0.2) is 0 Å². The van der Waals surface area contributed by atoms with Gasteiger partial charge in [0.05, 0.1) is 0 Å². The standard InChI is InChI=1S/C36H30N6/c1-13-37-14-2-25(1)31-32(26-3-15-38-16-4-26)34(28-7-19-40-20-8-28)36(30-11-23-42-24-12-30)35(29-9-21-41-22-10-29)33(31)27-5-17-39-18-6-27/h1-24,31-36H. The molecule has 6 heteroatoms. The van der Waals surface area contributed by atoms with Crippen LogP contribution < -0.4 is 0 Å². The van der Waals surface area contributed by atoms with Crippen molar-refractivity contribution in [3.8, 4) is 0 Å². The van der Waals surface area contributed by atoms with E-state index in [-0.39, 0.29) is 35.5 Å². The zero-order chi connectivity index (χ0) is 28.1. The van der Waals surface area contributed by atoms with Crippen LogP contribution in [0.1, 0.15) is 68.9 Å². The van der Waals surface area contributed by atoms with Gasteiger partial charge in [0, 0.05) is 74.4 Å². The molecule has 0 N–H and O–H groups in total. The lowest BCUT2D eigenvalue weighted by Crippen LogP contribution is -2.40. The molecule has 0 amide bonds. The van der Waals surface area contributed by atoms with Crippen molar-refractivity contribution in [2.24, 2.45) is 0 Å². The number of rotatable bonds is 6. The average Bonchev–Trinajstić information content (AvgIpc) is 3.09. The van der Waals surface area contributed by atoms with Gasteiger partial charge in [-0.15, -0.1) is 0 Å². The van der Waals surface area contributed by atoms with Gasteiger partial charge in [0.25, 0.3) is 0 Å². The van der Waals surface area contributed by atoms with E-state index in [0.717, 1.165) is 0 Å². The predicted octanol–water partition coefficient (Wildman–Crippen LogP) is 7.07. The van der Waals surface area contributed by atoms with Crippen LogP contribution in [-0.4, -0.2) is 29.9 Å². The fourth-order valence-electron chi connectivity index (χ4n) is 7.34. The van der Waals surface area contributed by atoms with Crippen molar-refractivity contribution in [2.45, 2.75) is 35.5 Å². The van der Waals surface area contributed by atoms with Crippen LogP contribution in [0.4, 0.5) is 0 Å². The first kappa shape index (κ1) is 25.8. The molecule has 6 heterocycles. The van der Waals surface area contributed by atoms with E-state index in [1.165, 1.54) is 33.4 Å². The van der Waals surface area contributed by atoms with E-state index < -0.39 is 0 Å². The molecule has 0 bridgehead atoms. The molecule has 0 unspecified atom stereocenters. The third-order valence-corrected chi connectivity index (χ3v) is 8.87. The molecule has 0 saturated heterocycles. The van der Waals surface area contributed by atoms with Crippen molar-refractivity contribution in [1.82, 2.24) is 29.9 Å². The summed E-state index contributed by atoms with van der Waals surface area (Å²) in [5, 5.41) is 0. The fourth-order valence-corrected chi connectivity index (χ4v) is 7.34. The number of nitrogens with zero attached hydrogens (tertiary/aromatic N) is 6. The van der Waals surface area contributed by atoms with Gasteiger partial charge in [0.15, 0.2) is 0 Å². The molecule has 1 saturated carbocycles. The summed E-state index contributed by atoms with van der Waals surface area (Å²) in [5.74, 6) is 0.707. The summed E-state index contributed by atoms with van der Waals surface area (Å²) in [5.41, 5.74) is 7.58. The fraction of sp³-hybridized carbons (Fsp3) is 0.167. The Hall–Kier alpha value is -5.10. The van der Waals surface area contributed by atoms with E-state index in [1.807, 2.05) is 74.4 Å². The van der Waals surface area contributed by atoms with Gasteiger partial charge in [-0.1, -0.05) is 0 Å². The Bertz CT molecular complexity index is 1340. The summed E-state index contributed by atoms with van der Waals surface area (Å²) in [7, 11) is 0. The van der Waals surface area contributed by atoms with E-state index >= 15 is 0 Å². The van der Waals surface area contributed by atoms with Crippen LogP contribution >= 0.6 is 0 Å². The van der Waals surface area contributed by atoms with Crippen molar-refractivity contribution in [2.75, 3.05) is 0 Å². The molecule has 6 nitrogen and oxygen atoms in total. The Morgan fingerprint density at radius 3 is 0.452 bits per heavy atom. The number of hydrogen-bond acceptors (Lipinski definition) is 6. The van der Waals surface area contributed by atoms with Gasteiger partial charge in [0.2, 0.25) is 0 Å². The zero-order valence-corrected chi connectivity index (χ0v) is 23.0. The maximum atomic E-state index is 4.41. The second-order valence-corrected chi connectivity index (χ2v) is 10.8. The van der Waals surface area contributed by atoms with Crippen LogP contribution in [-0.2, 0) is 0 Å². The van der Waals surface area contributed by atoms with E-state index in [2.05, 4.69) is 103 Å². The molecule has 0 radical (unpaired) electrons. The maximum Gasteiger partial charge on any atom is 0.0270 e. The molecule has 1 fully saturated rings. The van der Waals surface area contributed by atoms with Crippen LogP contribution in [0.3, 0.4) is 0 Å². The molecular weight excluding hydrogens is 516 g/mol. The third kappa shape index (κ3) is 4.85. The van der Waals surface area contributed by atoms with Gasteiger partial charge in [-0.2, -0.15) is 0 Å². The Morgan fingerprint density at radius 1 is 0.214 bits per heavy atom. The summed E-state index contributed by atoms with van der Waals surface area (Å²) < 4.78 is 0. The van der Waals surface area contributed by atoms with Gasteiger partial charge < -0.3 is 0 Å². The van der Waals surface area contributed by atoms with Crippen LogP contribution in [0, 0.1) is 0 Å². The highest BCUT2D eigenvalue weighted by atomic mass is 14.7. The molecule has 0 aromatic carbocycles. The second-order valence-electron chi connectivity index (χ2n) is 10.8. The zero-order valence-electron chi connectivity index (χ0n) is 23.0. The van der Waals surface area contributed by atoms with E-state index in [9.17, 15) is 0 Å². The minimum atomic E-state index is 0.118. The van der Waals surface area contributed by atoms with E-state index in [4.69, 9.17) is 0 Å². The lowest BCUT2D eigenvalue weighted by atomic mass is 9.49. The summed E-state index contributed by atoms with van der Waals surface area (Å²) in [6, 6.07) is 26.3. The summed E-state index contributed by atoms with van der Waals surface area (Å²) in [6.07, 6.45) is 23.0. The second kappa shape index (κ2) is 11.8. The Labute approximate surface area is 245 Å². The lowest BCUT2D eigenvalue weighted by molar-refractivity contribution is 0.228. The monoisotopic (exact) mass is 546 g/mol. The van der Waals surface area contributed by atoms with Gasteiger partial charge in [-0.05, 0) is 142 Å². The molecule has 6 aromatic heterocycles. The van der Waals surface area contributed by atoms with Crippen molar-refractivity contribution in [3.63, 3.8) is 0 Å².